The number of aliphatic imine (C=N–C) groups is 1. The van der Waals surface area contributed by atoms with Crippen molar-refractivity contribution in [1.82, 2.24) is 5.43 Å². The molecule has 0 heterocycles. The highest BCUT2D eigenvalue weighted by atomic mass is 15.3. The summed E-state index contributed by atoms with van der Waals surface area (Å²) in [6.45, 7) is 5.14. The fraction of sp³-hybridized carbons (Fsp3) is 0.167. The molecule has 0 aromatic heterocycles. The predicted molar refractivity (Wildman–Crippen MR) is 39.5 cm³/mol. The SMILES string of the molecule is C=C=CN/N=C\N=CC. The molecule has 0 aliphatic carbocycles. The van der Waals surface area contributed by atoms with Gasteiger partial charge in [-0.05, 0) is 6.92 Å². The Morgan fingerprint density at radius 2 is 2.44 bits per heavy atom. The molecule has 9 heavy (non-hydrogen) atoms. The summed E-state index contributed by atoms with van der Waals surface area (Å²) < 4.78 is 0. The fourth-order valence-electron chi connectivity index (χ4n) is 0.216. The van der Waals surface area contributed by atoms with E-state index in [1.165, 1.54) is 12.5 Å². The van der Waals surface area contributed by atoms with Crippen LogP contribution in [0.25, 0.3) is 0 Å². The molecule has 0 amide bonds. The van der Waals surface area contributed by atoms with Crippen LogP contribution in [0.5, 0.6) is 0 Å². The highest BCUT2D eigenvalue weighted by Crippen LogP contribution is 1.59. The number of hydrogen-bond acceptors (Lipinski definition) is 2. The second kappa shape index (κ2) is 6.66. The molecule has 0 saturated heterocycles. The van der Waals surface area contributed by atoms with E-state index in [9.17, 15) is 0 Å². The topological polar surface area (TPSA) is 36.8 Å². The Morgan fingerprint density at radius 3 is 3.00 bits per heavy atom. The third kappa shape index (κ3) is 6.66. The average molecular weight is 123 g/mol. The van der Waals surface area contributed by atoms with Gasteiger partial charge in [0.15, 0.2) is 0 Å². The minimum atomic E-state index is 1.40. The molecule has 0 aliphatic heterocycles. The van der Waals surface area contributed by atoms with Gasteiger partial charge < -0.3 is 0 Å². The molecule has 0 rings (SSSR count). The molecule has 0 atom stereocenters. The average Bonchev–Trinajstić information content (AvgIpc) is 1.89. The molecule has 3 nitrogen and oxygen atoms in total. The largest absolute Gasteiger partial charge is 0.277 e. The van der Waals surface area contributed by atoms with Crippen LogP contribution in [0.3, 0.4) is 0 Å². The van der Waals surface area contributed by atoms with Gasteiger partial charge in [0, 0.05) is 6.21 Å². The molecule has 0 spiro atoms. The normalized spacial score (nSPS) is 9.89. The highest BCUT2D eigenvalue weighted by Gasteiger charge is 1.58. The lowest BCUT2D eigenvalue weighted by Gasteiger charge is -1.80. The molecule has 0 fully saturated rings. The van der Waals surface area contributed by atoms with Crippen LogP contribution >= 0.6 is 0 Å². The Balaban J connectivity index is 3.36. The first kappa shape index (κ1) is 7.66. The van der Waals surface area contributed by atoms with Gasteiger partial charge in [0.1, 0.15) is 6.34 Å². The second-order valence-electron chi connectivity index (χ2n) is 1.13. The van der Waals surface area contributed by atoms with Gasteiger partial charge in [-0.1, -0.05) is 6.58 Å². The van der Waals surface area contributed by atoms with E-state index in [1.54, 1.807) is 6.21 Å². The first-order valence-electron chi connectivity index (χ1n) is 2.51. The van der Waals surface area contributed by atoms with Gasteiger partial charge in [0.25, 0.3) is 0 Å². The molecular weight excluding hydrogens is 114 g/mol. The summed E-state index contributed by atoms with van der Waals surface area (Å²) in [6.07, 6.45) is 4.53. The molecule has 0 bridgehead atoms. The van der Waals surface area contributed by atoms with Crippen LogP contribution < -0.4 is 5.43 Å². The zero-order valence-corrected chi connectivity index (χ0v) is 5.33. The third-order valence-electron chi connectivity index (χ3n) is 0.515. The molecule has 0 aromatic carbocycles. The first-order valence-corrected chi connectivity index (χ1v) is 2.51. The van der Waals surface area contributed by atoms with Crippen molar-refractivity contribution in [3.05, 3.63) is 18.5 Å². The Hall–Kier alpha value is -1.34. The molecule has 0 saturated carbocycles. The minimum absolute atomic E-state index is 1.40. The van der Waals surface area contributed by atoms with E-state index in [0.29, 0.717) is 0 Å². The Labute approximate surface area is 54.5 Å². The van der Waals surface area contributed by atoms with Crippen LogP contribution in [-0.4, -0.2) is 12.6 Å². The Morgan fingerprint density at radius 1 is 1.67 bits per heavy atom. The van der Waals surface area contributed by atoms with E-state index in [-0.39, 0.29) is 0 Å². The third-order valence-corrected chi connectivity index (χ3v) is 0.515. The number of hydrogen-bond donors (Lipinski definition) is 1. The van der Waals surface area contributed by atoms with Crippen molar-refractivity contribution in [1.29, 1.82) is 0 Å². The highest BCUT2D eigenvalue weighted by molar-refractivity contribution is 5.70. The maximum absolute atomic E-state index is 3.70. The van der Waals surface area contributed by atoms with Gasteiger partial charge in [-0.2, -0.15) is 5.10 Å². The fourth-order valence-corrected chi connectivity index (χ4v) is 0.216. The lowest BCUT2D eigenvalue weighted by atomic mass is 10.9. The van der Waals surface area contributed by atoms with Gasteiger partial charge in [0.05, 0.1) is 6.20 Å². The number of rotatable bonds is 3. The smallest absolute Gasteiger partial charge is 0.135 e. The van der Waals surface area contributed by atoms with Crippen LogP contribution in [0.15, 0.2) is 28.6 Å². The second-order valence-corrected chi connectivity index (χ2v) is 1.13. The van der Waals surface area contributed by atoms with Crippen LogP contribution in [0, 0.1) is 0 Å². The van der Waals surface area contributed by atoms with Crippen molar-refractivity contribution >= 4 is 12.6 Å². The summed E-state index contributed by atoms with van der Waals surface area (Å²) >= 11 is 0. The number of nitrogens with one attached hydrogen (secondary N) is 1. The number of hydrazone groups is 1. The molecular formula is C6H9N3. The van der Waals surface area contributed by atoms with Gasteiger partial charge in [-0.15, -0.1) is 5.73 Å². The zero-order valence-electron chi connectivity index (χ0n) is 5.33. The molecule has 0 radical (unpaired) electrons. The predicted octanol–water partition coefficient (Wildman–Crippen LogP) is 0.909. The van der Waals surface area contributed by atoms with E-state index in [4.69, 9.17) is 0 Å². The first-order chi connectivity index (χ1) is 4.41. The van der Waals surface area contributed by atoms with Gasteiger partial charge in [-0.3, -0.25) is 5.43 Å². The van der Waals surface area contributed by atoms with E-state index < -0.39 is 0 Å². The standard InChI is InChI=1S/C6H9N3/c1-3-5-8-9-6-7-4-2/h4-6,8H,1H2,2H3/b7-4?,9-6-. The van der Waals surface area contributed by atoms with Gasteiger partial charge in [0.2, 0.25) is 0 Å². The van der Waals surface area contributed by atoms with Crippen molar-refractivity contribution in [2.75, 3.05) is 0 Å². The van der Waals surface area contributed by atoms with Gasteiger partial charge in [-0.25, -0.2) is 4.99 Å². The van der Waals surface area contributed by atoms with E-state index >= 15 is 0 Å². The molecule has 48 valence electrons. The zero-order chi connectivity index (χ0) is 6.95. The van der Waals surface area contributed by atoms with E-state index in [0.717, 1.165) is 0 Å². The number of nitrogens with zero attached hydrogens (tertiary/aromatic N) is 2. The lowest BCUT2D eigenvalue weighted by molar-refractivity contribution is 0.975. The van der Waals surface area contributed by atoms with Crippen molar-refractivity contribution < 1.29 is 0 Å². The molecule has 0 unspecified atom stereocenters. The van der Waals surface area contributed by atoms with Crippen molar-refractivity contribution in [2.24, 2.45) is 10.1 Å². The summed E-state index contributed by atoms with van der Waals surface area (Å²) in [5.41, 5.74) is 5.02. The monoisotopic (exact) mass is 123 g/mol. The van der Waals surface area contributed by atoms with Crippen molar-refractivity contribution in [2.45, 2.75) is 6.92 Å². The van der Waals surface area contributed by atoms with Crippen molar-refractivity contribution in [3.8, 4) is 0 Å². The quantitative estimate of drug-likeness (QED) is 0.257. The summed E-state index contributed by atoms with van der Waals surface area (Å²) in [6, 6.07) is 0. The Bertz CT molecular complexity index is 152. The molecule has 0 aliphatic rings. The maximum Gasteiger partial charge on any atom is 0.135 e. The summed E-state index contributed by atoms with van der Waals surface area (Å²) in [7, 11) is 0. The van der Waals surface area contributed by atoms with Crippen LogP contribution in [-0.2, 0) is 0 Å². The van der Waals surface area contributed by atoms with Gasteiger partial charge >= 0.3 is 0 Å². The Kier molecular flexibility index (Phi) is 5.67. The van der Waals surface area contributed by atoms with Crippen LogP contribution in [0.1, 0.15) is 6.92 Å². The van der Waals surface area contributed by atoms with E-state index in [1.807, 2.05) is 6.92 Å². The summed E-state index contributed by atoms with van der Waals surface area (Å²) in [5, 5.41) is 3.62. The van der Waals surface area contributed by atoms with Crippen LogP contribution in [0.2, 0.25) is 0 Å². The molecule has 0 aromatic rings. The minimum Gasteiger partial charge on any atom is -0.277 e. The molecule has 1 N–H and O–H groups in total. The maximum atomic E-state index is 3.70. The lowest BCUT2D eigenvalue weighted by Crippen LogP contribution is -1.90. The van der Waals surface area contributed by atoms with E-state index in [2.05, 4.69) is 27.8 Å². The van der Waals surface area contributed by atoms with Crippen molar-refractivity contribution in [3.63, 3.8) is 0 Å². The summed E-state index contributed by atoms with van der Waals surface area (Å²) in [4.78, 5) is 3.70. The van der Waals surface area contributed by atoms with Crippen LogP contribution in [0.4, 0.5) is 0 Å². The summed E-state index contributed by atoms with van der Waals surface area (Å²) in [5.74, 6) is 0. The molecule has 3 heteroatoms.